The van der Waals surface area contributed by atoms with E-state index in [-0.39, 0.29) is 53.6 Å². The Morgan fingerprint density at radius 3 is 2.41 bits per heavy atom. The van der Waals surface area contributed by atoms with E-state index in [0.29, 0.717) is 35.9 Å². The van der Waals surface area contributed by atoms with E-state index in [4.69, 9.17) is 29.4 Å². The van der Waals surface area contributed by atoms with Crippen molar-refractivity contribution in [1.29, 1.82) is 0 Å². The SMILES string of the molecule is CCN(CC)c1ccc2cc(/C=C/c3ccc(S(=O)(=O)O)c[n+]3CCCCCC(=O)NCCNC(=O)O[C@H]3[C@@H](O)[C@H](n4cnc5c(=O)[nH]c(N)nc54)O[C@@H]3COP(=O)(O)OP(=O)(O)OP(=O)(O)O)c(=O)oc2c1. The molecule has 1 saturated heterocycles. The number of aryl methyl sites for hydroxylation is 1. The maximum atomic E-state index is 12.9. The number of carbonyl (C=O) groups is 2. The number of amides is 2. The van der Waals surface area contributed by atoms with Gasteiger partial charge in [0.15, 0.2) is 34.6 Å². The van der Waals surface area contributed by atoms with Crippen LogP contribution in [0.1, 0.15) is 57.0 Å². The van der Waals surface area contributed by atoms with Crippen molar-refractivity contribution in [2.24, 2.45) is 0 Å². The lowest BCUT2D eigenvalue weighted by Crippen LogP contribution is -2.42. The molecule has 0 spiro atoms. The van der Waals surface area contributed by atoms with Gasteiger partial charge in [-0.3, -0.25) is 28.2 Å². The summed E-state index contributed by atoms with van der Waals surface area (Å²) in [6.07, 6.45) is -1.52. The van der Waals surface area contributed by atoms with Gasteiger partial charge in [0.1, 0.15) is 24.3 Å². The first kappa shape index (κ1) is 56.5. The molecule has 398 valence electrons. The second-order valence-electron chi connectivity index (χ2n) is 15.9. The Morgan fingerprint density at radius 1 is 0.986 bits per heavy atom. The summed E-state index contributed by atoms with van der Waals surface area (Å²) in [7, 11) is -21.9. The first-order valence-corrected chi connectivity index (χ1v) is 27.8. The monoisotopic (exact) mass is 1110 g/mol. The molecule has 5 heterocycles. The van der Waals surface area contributed by atoms with Crippen molar-refractivity contribution in [2.75, 3.05) is 43.4 Å². The standard InChI is InChI=1S/C39H50N9O21P3S/c1-3-46(4-2)26-12-9-23-18-24(37(52)66-28(23)19-26)10-11-25-13-14-27(73(61,62)63)20-47(25)17-7-5-6-8-30(49)41-15-16-42-39(53)67-33-29(21-64-71(57,58)69-72(59,60)68-70(54,55)56)65-36(32(33)50)48-22-43-31-34(48)44-38(40)45-35(31)51/h9-14,18-20,22,29,32-33,36,50H,3-8,15-17,21H2,1-2H3,(H9-,40,41,42,44,45,49,51,53,54,55,56,57,58,59,60,61,62,63)/p+1/t29-,32-,33-,36-/m1/s1. The Balaban J connectivity index is 1.00. The number of pyridine rings is 1. The van der Waals surface area contributed by atoms with Crippen LogP contribution >= 0.6 is 23.5 Å². The van der Waals surface area contributed by atoms with Crippen LogP contribution in [0.3, 0.4) is 0 Å². The van der Waals surface area contributed by atoms with Gasteiger partial charge in [-0.1, -0.05) is 0 Å². The molecule has 6 rings (SSSR count). The number of phosphoric ester groups is 1. The van der Waals surface area contributed by atoms with Gasteiger partial charge >= 0.3 is 35.2 Å². The molecule has 1 aliphatic rings. The van der Waals surface area contributed by atoms with Crippen LogP contribution in [0, 0.1) is 0 Å². The number of unbranched alkanes of at least 4 members (excludes halogenated alkanes) is 2. The lowest BCUT2D eigenvalue weighted by Gasteiger charge is -2.22. The number of hydrogen-bond acceptors (Lipinski definition) is 20. The quantitative estimate of drug-likeness (QED) is 0.0137. The minimum absolute atomic E-state index is 0.0423. The second-order valence-corrected chi connectivity index (χ2v) is 21.7. The zero-order chi connectivity index (χ0) is 53.5. The number of nitrogens with one attached hydrogen (secondary N) is 3. The molecule has 4 aromatic heterocycles. The third kappa shape index (κ3) is 15.4. The number of aliphatic hydroxyl groups excluding tert-OH is 1. The number of nitrogen functional groups attached to an aromatic ring is 1. The maximum absolute atomic E-state index is 12.9. The van der Waals surface area contributed by atoms with Crippen molar-refractivity contribution in [2.45, 2.75) is 75.5 Å². The molecule has 1 fully saturated rings. The van der Waals surface area contributed by atoms with Crippen LogP contribution in [0.4, 0.5) is 16.4 Å². The number of imidazole rings is 1. The van der Waals surface area contributed by atoms with Crippen LogP contribution in [0.25, 0.3) is 34.3 Å². The number of aliphatic hydroxyl groups is 1. The summed E-state index contributed by atoms with van der Waals surface area (Å²) in [5.74, 6) is -0.773. The summed E-state index contributed by atoms with van der Waals surface area (Å²) in [5, 5.41) is 16.9. The predicted octanol–water partition coefficient (Wildman–Crippen LogP) is 1.43. The number of alkyl carbamates (subject to hydrolysis) is 1. The van der Waals surface area contributed by atoms with E-state index < -0.39 is 87.9 Å². The summed E-state index contributed by atoms with van der Waals surface area (Å²) in [4.78, 5) is 99.8. The summed E-state index contributed by atoms with van der Waals surface area (Å²) in [6.45, 7) is 4.29. The highest BCUT2D eigenvalue weighted by atomic mass is 32.2. The Labute approximate surface area is 412 Å². The average Bonchev–Trinajstić information content (AvgIpc) is 3.85. The van der Waals surface area contributed by atoms with Gasteiger partial charge in [-0.15, -0.1) is 0 Å². The Bertz CT molecular complexity index is 3250. The number of ether oxygens (including phenoxy) is 2. The van der Waals surface area contributed by atoms with Crippen molar-refractivity contribution in [3.63, 3.8) is 0 Å². The molecule has 1 aromatic carbocycles. The van der Waals surface area contributed by atoms with E-state index in [1.54, 1.807) is 22.8 Å². The molecular formula is C39H51N9O21P3S+. The first-order valence-electron chi connectivity index (χ1n) is 21.8. The van der Waals surface area contributed by atoms with Crippen LogP contribution in [0.2, 0.25) is 0 Å². The second kappa shape index (κ2) is 23.6. The predicted molar refractivity (Wildman–Crippen MR) is 253 cm³/mol. The van der Waals surface area contributed by atoms with Crippen LogP contribution in [-0.2, 0) is 57.8 Å². The number of carbonyl (C=O) groups excluding carboxylic acids is 2. The number of hydrogen-bond donors (Lipinski definition) is 10. The van der Waals surface area contributed by atoms with Crippen molar-refractivity contribution in [3.8, 4) is 0 Å². The molecule has 34 heteroatoms. The topological polar surface area (TPSA) is 438 Å². The summed E-state index contributed by atoms with van der Waals surface area (Å²) in [6, 6.07) is 9.95. The molecule has 6 atom stereocenters. The van der Waals surface area contributed by atoms with Gasteiger partial charge in [-0.2, -0.15) is 26.6 Å². The Hall–Kier alpha value is -5.75. The molecular weight excluding hydrogens is 1060 g/mol. The van der Waals surface area contributed by atoms with E-state index in [0.717, 1.165) is 29.7 Å². The number of aromatic amines is 1. The summed E-state index contributed by atoms with van der Waals surface area (Å²) in [5.41, 5.74) is 5.87. The fourth-order valence-electron chi connectivity index (χ4n) is 7.42. The average molecular weight is 1110 g/mol. The summed E-state index contributed by atoms with van der Waals surface area (Å²) >= 11 is 0. The fraction of sp³-hybridized carbons (Fsp3) is 0.410. The van der Waals surface area contributed by atoms with E-state index >= 15 is 0 Å². The van der Waals surface area contributed by atoms with Crippen molar-refractivity contribution >= 4 is 91.5 Å². The van der Waals surface area contributed by atoms with E-state index in [1.165, 1.54) is 24.4 Å². The molecule has 30 nitrogen and oxygen atoms in total. The lowest BCUT2D eigenvalue weighted by atomic mass is 10.1. The largest absolute Gasteiger partial charge is 0.490 e. The van der Waals surface area contributed by atoms with Crippen LogP contribution < -0.4 is 37.0 Å². The van der Waals surface area contributed by atoms with Gasteiger partial charge in [-0.25, -0.2) is 28.3 Å². The van der Waals surface area contributed by atoms with E-state index in [2.05, 4.69) is 43.6 Å². The molecule has 11 N–H and O–H groups in total. The molecule has 2 amide bonds. The van der Waals surface area contributed by atoms with Gasteiger partial charge in [0.25, 0.3) is 15.7 Å². The fourth-order valence-corrected chi connectivity index (χ4v) is 10.9. The third-order valence-corrected chi connectivity index (χ3v) is 15.4. The van der Waals surface area contributed by atoms with E-state index in [1.807, 2.05) is 26.0 Å². The zero-order valence-electron chi connectivity index (χ0n) is 38.5. The number of fused-ring (bicyclic) bond motifs is 2. The Kier molecular flexibility index (Phi) is 18.3. The molecule has 0 bridgehead atoms. The van der Waals surface area contributed by atoms with Crippen LogP contribution in [-0.4, -0.2) is 120 Å². The summed E-state index contributed by atoms with van der Waals surface area (Å²) < 4.78 is 100. The number of anilines is 2. The first-order chi connectivity index (χ1) is 34.3. The maximum Gasteiger partial charge on any atom is 0.490 e. The molecule has 2 unspecified atom stereocenters. The number of phosphoric acid groups is 3. The highest BCUT2D eigenvalue weighted by Gasteiger charge is 2.50. The molecule has 1 aliphatic heterocycles. The number of nitrogens with two attached hydrogens (primary N) is 1. The molecule has 0 radical (unpaired) electrons. The number of H-pyrrole nitrogens is 1. The minimum Gasteiger partial charge on any atom is -0.440 e. The molecule has 0 aliphatic carbocycles. The third-order valence-electron chi connectivity index (χ3n) is 10.8. The number of aromatic nitrogens is 5. The number of nitrogens with zero attached hydrogens (tertiary/aromatic N) is 5. The lowest BCUT2D eigenvalue weighted by molar-refractivity contribution is -0.700. The van der Waals surface area contributed by atoms with Crippen LogP contribution in [0.5, 0.6) is 0 Å². The van der Waals surface area contributed by atoms with Gasteiger partial charge in [-0.05, 0) is 57.0 Å². The number of rotatable bonds is 24. The highest BCUT2D eigenvalue weighted by molar-refractivity contribution is 7.85. The minimum atomic E-state index is -5.93. The van der Waals surface area contributed by atoms with Gasteiger partial charge < -0.3 is 59.8 Å². The smallest absolute Gasteiger partial charge is 0.440 e. The van der Waals surface area contributed by atoms with Gasteiger partial charge in [0.05, 0.1) is 18.5 Å². The zero-order valence-corrected chi connectivity index (χ0v) is 42.0. The van der Waals surface area contributed by atoms with Gasteiger partial charge in [0.2, 0.25) is 17.5 Å². The molecule has 73 heavy (non-hydrogen) atoms. The van der Waals surface area contributed by atoms with Crippen LogP contribution in [0.15, 0.2) is 67.8 Å². The normalized spacial score (nSPS) is 19.0. The van der Waals surface area contributed by atoms with Gasteiger partial charge in [0, 0.05) is 68.3 Å². The molecule has 0 saturated carbocycles. The van der Waals surface area contributed by atoms with Crippen molar-refractivity contribution in [3.05, 3.63) is 81.0 Å². The van der Waals surface area contributed by atoms with E-state index in [9.17, 15) is 60.7 Å². The van der Waals surface area contributed by atoms with Crippen molar-refractivity contribution in [1.82, 2.24) is 30.2 Å². The molecule has 5 aromatic rings. The van der Waals surface area contributed by atoms with Crippen molar-refractivity contribution < 1.29 is 92.5 Å². The highest BCUT2D eigenvalue weighted by Crippen LogP contribution is 2.66. The Morgan fingerprint density at radius 2 is 1.71 bits per heavy atom. The number of benzene rings is 1.